The number of phenols is 2. The second-order valence-corrected chi connectivity index (χ2v) is 10.2. The Labute approximate surface area is 217 Å². The van der Waals surface area contributed by atoms with Crippen LogP contribution in [-0.2, 0) is 0 Å². The van der Waals surface area contributed by atoms with Crippen LogP contribution in [-0.4, -0.2) is 40.9 Å². The second kappa shape index (κ2) is 10.5. The van der Waals surface area contributed by atoms with Crippen molar-refractivity contribution in [2.45, 2.75) is 45.8 Å². The topological polar surface area (TPSA) is 62.2 Å². The quantitative estimate of drug-likeness (QED) is 0.371. The first-order chi connectivity index (χ1) is 17.8. The Kier molecular flexibility index (Phi) is 7.11. The molecular weight excluding hydrogens is 469 g/mol. The van der Waals surface area contributed by atoms with E-state index in [0.29, 0.717) is 29.5 Å². The molecule has 0 aromatic heterocycles. The number of halogens is 1. The average Bonchev–Trinajstić information content (AvgIpc) is 3.39. The number of benzene rings is 3. The summed E-state index contributed by atoms with van der Waals surface area (Å²) in [5.74, 6) is 1.78. The number of hydrogen-bond acceptors (Lipinski definition) is 5. The van der Waals surface area contributed by atoms with Crippen LogP contribution < -0.4 is 9.47 Å². The van der Waals surface area contributed by atoms with Gasteiger partial charge in [-0.3, -0.25) is 4.90 Å². The first-order valence-electron chi connectivity index (χ1n) is 13.0. The summed E-state index contributed by atoms with van der Waals surface area (Å²) >= 11 is 0. The van der Waals surface area contributed by atoms with Crippen molar-refractivity contribution in [3.05, 3.63) is 83.2 Å². The number of ether oxygens (including phenoxy) is 2. The molecule has 2 heterocycles. The number of allylic oxidation sites excluding steroid dienone is 1. The smallest absolute Gasteiger partial charge is 0.150 e. The highest BCUT2D eigenvalue weighted by Crippen LogP contribution is 2.48. The molecule has 3 aromatic rings. The second-order valence-electron chi connectivity index (χ2n) is 10.2. The summed E-state index contributed by atoms with van der Waals surface area (Å²) in [5, 5.41) is 20.2. The van der Waals surface area contributed by atoms with Gasteiger partial charge in [-0.15, -0.1) is 0 Å². The number of fused-ring (bicyclic) bond motifs is 1. The van der Waals surface area contributed by atoms with E-state index in [-0.39, 0.29) is 17.1 Å². The van der Waals surface area contributed by atoms with Crippen LogP contribution in [0.25, 0.3) is 11.1 Å². The third-order valence-electron chi connectivity index (χ3n) is 7.71. The van der Waals surface area contributed by atoms with Crippen LogP contribution in [0.4, 0.5) is 4.39 Å². The lowest BCUT2D eigenvalue weighted by molar-refractivity contribution is 0.168. The number of rotatable bonds is 7. The zero-order chi connectivity index (χ0) is 26.1. The zero-order valence-electron chi connectivity index (χ0n) is 21.6. The molecule has 0 spiro atoms. The molecule has 5 rings (SSSR count). The summed E-state index contributed by atoms with van der Waals surface area (Å²) in [6.45, 7) is 9.23. The molecule has 0 saturated carbocycles. The van der Waals surface area contributed by atoms with E-state index in [1.165, 1.54) is 31.0 Å². The maximum absolute atomic E-state index is 15.0. The molecule has 194 valence electrons. The maximum Gasteiger partial charge on any atom is 0.150 e. The first-order valence-corrected chi connectivity index (χ1v) is 13.0. The van der Waals surface area contributed by atoms with E-state index in [1.54, 1.807) is 18.2 Å². The van der Waals surface area contributed by atoms with Crippen molar-refractivity contribution in [3.63, 3.8) is 0 Å². The first kappa shape index (κ1) is 25.2. The van der Waals surface area contributed by atoms with E-state index in [9.17, 15) is 10.2 Å². The monoisotopic (exact) mass is 503 g/mol. The maximum atomic E-state index is 15.0. The van der Waals surface area contributed by atoms with Gasteiger partial charge in [0.05, 0.1) is 0 Å². The Morgan fingerprint density at radius 1 is 1.03 bits per heavy atom. The number of phenolic OH excluding ortho intramolecular Hbond substituents is 2. The van der Waals surface area contributed by atoms with Gasteiger partial charge in [-0.25, -0.2) is 4.39 Å². The minimum atomic E-state index is -0.600. The normalized spacial score (nSPS) is 20.4. The highest BCUT2D eigenvalue weighted by Gasteiger charge is 2.31. The van der Waals surface area contributed by atoms with Crippen LogP contribution in [0.2, 0.25) is 0 Å². The molecule has 0 amide bonds. The van der Waals surface area contributed by atoms with Gasteiger partial charge in [0.1, 0.15) is 41.5 Å². The van der Waals surface area contributed by atoms with E-state index in [1.807, 2.05) is 31.2 Å². The Bertz CT molecular complexity index is 1300. The van der Waals surface area contributed by atoms with Gasteiger partial charge in [0, 0.05) is 29.3 Å². The molecule has 3 aromatic carbocycles. The van der Waals surface area contributed by atoms with Crippen molar-refractivity contribution < 1.29 is 24.1 Å². The molecule has 1 fully saturated rings. The van der Waals surface area contributed by atoms with Crippen LogP contribution >= 0.6 is 0 Å². The molecule has 5 nitrogen and oxygen atoms in total. The van der Waals surface area contributed by atoms with Gasteiger partial charge in [0.15, 0.2) is 0 Å². The SMILES string of the molecule is CC[C@@H]1CCN([C@@H](C)COc2ccc(C3Oc4ccc(O)cc4C(C)=C3c3cc(O)ccc3F)cc2)C1. The molecule has 3 atom stereocenters. The van der Waals surface area contributed by atoms with Crippen molar-refractivity contribution in [2.24, 2.45) is 5.92 Å². The Balaban J connectivity index is 1.41. The Morgan fingerprint density at radius 2 is 1.73 bits per heavy atom. The largest absolute Gasteiger partial charge is 0.508 e. The summed E-state index contributed by atoms with van der Waals surface area (Å²) in [6.07, 6.45) is 1.88. The highest BCUT2D eigenvalue weighted by atomic mass is 19.1. The van der Waals surface area contributed by atoms with Crippen LogP contribution in [0, 0.1) is 11.7 Å². The molecule has 2 aliphatic heterocycles. The molecule has 1 saturated heterocycles. The van der Waals surface area contributed by atoms with Gasteiger partial charge >= 0.3 is 0 Å². The lowest BCUT2D eigenvalue weighted by Gasteiger charge is -2.31. The molecule has 2 aliphatic rings. The van der Waals surface area contributed by atoms with Crippen molar-refractivity contribution >= 4 is 11.1 Å². The van der Waals surface area contributed by atoms with Gasteiger partial charge in [-0.2, -0.15) is 0 Å². The summed E-state index contributed by atoms with van der Waals surface area (Å²) in [5.41, 5.74) is 3.17. The van der Waals surface area contributed by atoms with Crippen molar-refractivity contribution in [1.82, 2.24) is 4.90 Å². The van der Waals surface area contributed by atoms with Crippen LogP contribution in [0.3, 0.4) is 0 Å². The fourth-order valence-electron chi connectivity index (χ4n) is 5.40. The van der Waals surface area contributed by atoms with Crippen LogP contribution in [0.1, 0.15) is 56.4 Å². The average molecular weight is 504 g/mol. The van der Waals surface area contributed by atoms with Gasteiger partial charge in [0.2, 0.25) is 0 Å². The molecular formula is C31H34FNO4. The van der Waals surface area contributed by atoms with E-state index in [2.05, 4.69) is 18.7 Å². The number of nitrogens with zero attached hydrogens (tertiary/aromatic N) is 1. The molecule has 0 bridgehead atoms. The van der Waals surface area contributed by atoms with Crippen LogP contribution in [0.15, 0.2) is 60.7 Å². The van der Waals surface area contributed by atoms with Gasteiger partial charge in [-0.1, -0.05) is 25.5 Å². The lowest BCUT2D eigenvalue weighted by atomic mass is 9.86. The van der Waals surface area contributed by atoms with E-state index in [0.717, 1.165) is 35.9 Å². The molecule has 6 heteroatoms. The van der Waals surface area contributed by atoms with E-state index in [4.69, 9.17) is 9.47 Å². The van der Waals surface area contributed by atoms with E-state index < -0.39 is 11.9 Å². The number of aromatic hydroxyl groups is 2. The molecule has 0 radical (unpaired) electrons. The number of likely N-dealkylation sites (tertiary alicyclic amines) is 1. The molecule has 0 aliphatic carbocycles. The predicted octanol–water partition coefficient (Wildman–Crippen LogP) is 6.80. The van der Waals surface area contributed by atoms with Crippen LogP contribution in [0.5, 0.6) is 23.0 Å². The molecule has 37 heavy (non-hydrogen) atoms. The fraction of sp³-hybridized carbons (Fsp3) is 0.355. The lowest BCUT2D eigenvalue weighted by Crippen LogP contribution is -2.35. The van der Waals surface area contributed by atoms with E-state index >= 15 is 4.39 Å². The standard InChI is InChI=1S/C31H34FNO4/c1-4-21-13-14-33(17-21)19(2)18-36-25-9-5-22(6-10-25)31-30(27-16-23(34)7-11-28(27)32)20(3)26-15-24(35)8-12-29(26)37-31/h5-12,15-16,19,21,31,34-35H,4,13-14,17-18H2,1-3H3/t19-,21+,31?/m0/s1. The van der Waals surface area contributed by atoms with Gasteiger partial charge in [0.25, 0.3) is 0 Å². The van der Waals surface area contributed by atoms with Crippen molar-refractivity contribution in [2.75, 3.05) is 19.7 Å². The molecule has 1 unspecified atom stereocenters. The minimum Gasteiger partial charge on any atom is -0.508 e. The predicted molar refractivity (Wildman–Crippen MR) is 143 cm³/mol. The Hall–Kier alpha value is -3.51. The summed E-state index contributed by atoms with van der Waals surface area (Å²) in [4.78, 5) is 2.50. The minimum absolute atomic E-state index is 0.0294. The van der Waals surface area contributed by atoms with Gasteiger partial charge < -0.3 is 19.7 Å². The highest BCUT2D eigenvalue weighted by molar-refractivity contribution is 5.96. The fourth-order valence-corrected chi connectivity index (χ4v) is 5.40. The van der Waals surface area contributed by atoms with Crippen molar-refractivity contribution in [1.29, 1.82) is 0 Å². The summed E-state index contributed by atoms with van der Waals surface area (Å²) < 4.78 is 27.5. The third kappa shape index (κ3) is 5.16. The zero-order valence-corrected chi connectivity index (χ0v) is 21.6. The van der Waals surface area contributed by atoms with Crippen molar-refractivity contribution in [3.8, 4) is 23.0 Å². The van der Waals surface area contributed by atoms with Gasteiger partial charge in [-0.05, 0) is 92.4 Å². The summed E-state index contributed by atoms with van der Waals surface area (Å²) in [7, 11) is 0. The Morgan fingerprint density at radius 3 is 2.43 bits per heavy atom. The third-order valence-corrected chi connectivity index (χ3v) is 7.71. The number of hydrogen-bond donors (Lipinski definition) is 2. The molecule has 2 N–H and O–H groups in total. The summed E-state index contributed by atoms with van der Waals surface area (Å²) in [6, 6.07) is 17.0.